The third-order valence-corrected chi connectivity index (χ3v) is 2.80. The molecule has 0 atom stereocenters. The van der Waals surface area contributed by atoms with Crippen molar-refractivity contribution in [3.63, 3.8) is 0 Å². The number of nitrogens with one attached hydrogen (secondary N) is 1. The highest BCUT2D eigenvalue weighted by Gasteiger charge is 2.03. The molecule has 1 rings (SSSR count). The highest BCUT2D eigenvalue weighted by molar-refractivity contribution is 5.66. The van der Waals surface area contributed by atoms with Crippen LogP contribution in [0.4, 0.5) is 4.79 Å². The number of aryl methyl sites for hydroxylation is 3. The molecule has 3 nitrogen and oxygen atoms in total. The van der Waals surface area contributed by atoms with Gasteiger partial charge in [0.2, 0.25) is 0 Å². The van der Waals surface area contributed by atoms with E-state index in [4.69, 9.17) is 0 Å². The number of hydrogen-bond donors (Lipinski definition) is 1. The van der Waals surface area contributed by atoms with E-state index in [9.17, 15) is 4.79 Å². The van der Waals surface area contributed by atoms with Crippen molar-refractivity contribution in [1.82, 2.24) is 5.32 Å². The van der Waals surface area contributed by atoms with Crippen LogP contribution >= 0.6 is 0 Å². The van der Waals surface area contributed by atoms with Gasteiger partial charge >= 0.3 is 6.09 Å². The Bertz CT molecular complexity index is 386. The summed E-state index contributed by atoms with van der Waals surface area (Å²) >= 11 is 0. The molecule has 0 unspecified atom stereocenters. The Kier molecular flexibility index (Phi) is 4.35. The third-order valence-electron chi connectivity index (χ3n) is 2.80. The number of carbonyl (C=O) groups is 1. The predicted molar refractivity (Wildman–Crippen MR) is 64.8 cm³/mol. The van der Waals surface area contributed by atoms with Crippen LogP contribution < -0.4 is 5.32 Å². The number of amides is 1. The Labute approximate surface area is 96.8 Å². The Morgan fingerprint density at radius 2 is 1.81 bits per heavy atom. The van der Waals surface area contributed by atoms with Crippen molar-refractivity contribution in [2.75, 3.05) is 13.7 Å². The molecule has 0 radical (unpaired) electrons. The average molecular weight is 221 g/mol. The standard InChI is InChI=1S/C13H19NO2/c1-9-7-11(3)12(8-10(9)2)5-6-14-13(15)16-4/h7-8H,5-6H2,1-4H3,(H,14,15). The van der Waals surface area contributed by atoms with Crippen molar-refractivity contribution >= 4 is 6.09 Å². The normalized spacial score (nSPS) is 10.0. The van der Waals surface area contributed by atoms with Gasteiger partial charge in [0.05, 0.1) is 7.11 Å². The van der Waals surface area contributed by atoms with Gasteiger partial charge in [-0.2, -0.15) is 0 Å². The first-order valence-corrected chi connectivity index (χ1v) is 5.43. The summed E-state index contributed by atoms with van der Waals surface area (Å²) in [6.07, 6.45) is 0.462. The molecule has 0 aliphatic rings. The molecule has 3 heteroatoms. The second-order valence-electron chi connectivity index (χ2n) is 4.03. The SMILES string of the molecule is COC(=O)NCCc1cc(C)c(C)cc1C. The first-order chi connectivity index (χ1) is 7.54. The Morgan fingerprint density at radius 3 is 2.44 bits per heavy atom. The minimum Gasteiger partial charge on any atom is -0.453 e. The minimum atomic E-state index is -0.374. The molecule has 0 aliphatic heterocycles. The molecule has 1 aromatic carbocycles. The fraction of sp³-hybridized carbons (Fsp3) is 0.462. The highest BCUT2D eigenvalue weighted by atomic mass is 16.5. The van der Waals surface area contributed by atoms with Gasteiger partial charge in [0.15, 0.2) is 0 Å². The lowest BCUT2D eigenvalue weighted by Crippen LogP contribution is -2.25. The quantitative estimate of drug-likeness (QED) is 0.851. The lowest BCUT2D eigenvalue weighted by atomic mass is 9.99. The molecule has 0 saturated heterocycles. The second-order valence-corrected chi connectivity index (χ2v) is 4.03. The second kappa shape index (κ2) is 5.54. The van der Waals surface area contributed by atoms with Gasteiger partial charge in [-0.25, -0.2) is 4.79 Å². The van der Waals surface area contributed by atoms with Gasteiger partial charge in [-0.1, -0.05) is 12.1 Å². The van der Waals surface area contributed by atoms with Gasteiger partial charge < -0.3 is 10.1 Å². The third kappa shape index (κ3) is 3.26. The van der Waals surface area contributed by atoms with E-state index in [-0.39, 0.29) is 6.09 Å². The Balaban J connectivity index is 2.60. The zero-order valence-corrected chi connectivity index (χ0v) is 10.4. The first kappa shape index (κ1) is 12.6. The van der Waals surface area contributed by atoms with Gasteiger partial charge in [0, 0.05) is 6.54 Å². The summed E-state index contributed by atoms with van der Waals surface area (Å²) in [5.74, 6) is 0. The number of rotatable bonds is 3. The number of carbonyl (C=O) groups excluding carboxylic acids is 1. The molecule has 1 amide bonds. The molecule has 0 aliphatic carbocycles. The number of methoxy groups -OCH3 is 1. The van der Waals surface area contributed by atoms with Crippen LogP contribution in [-0.4, -0.2) is 19.7 Å². The zero-order valence-electron chi connectivity index (χ0n) is 10.4. The van der Waals surface area contributed by atoms with Crippen molar-refractivity contribution in [1.29, 1.82) is 0 Å². The van der Waals surface area contributed by atoms with E-state index in [1.165, 1.54) is 29.4 Å². The molecule has 88 valence electrons. The lowest BCUT2D eigenvalue weighted by Gasteiger charge is -2.10. The number of alkyl carbamates (subject to hydrolysis) is 1. The fourth-order valence-corrected chi connectivity index (χ4v) is 1.66. The van der Waals surface area contributed by atoms with Crippen LogP contribution in [0.5, 0.6) is 0 Å². The van der Waals surface area contributed by atoms with E-state index in [0.29, 0.717) is 6.54 Å². The summed E-state index contributed by atoms with van der Waals surface area (Å²) in [7, 11) is 1.37. The maximum Gasteiger partial charge on any atom is 0.406 e. The van der Waals surface area contributed by atoms with E-state index in [1.54, 1.807) is 0 Å². The molecule has 0 saturated carbocycles. The van der Waals surface area contributed by atoms with Crippen LogP contribution in [0.15, 0.2) is 12.1 Å². The largest absolute Gasteiger partial charge is 0.453 e. The maximum absolute atomic E-state index is 10.9. The molecule has 1 aromatic rings. The molecular formula is C13H19NO2. The summed E-state index contributed by atoms with van der Waals surface area (Å²) in [5.41, 5.74) is 5.15. The molecule has 0 spiro atoms. The number of benzene rings is 1. The highest BCUT2D eigenvalue weighted by Crippen LogP contribution is 2.15. The zero-order chi connectivity index (χ0) is 12.1. The Morgan fingerprint density at radius 1 is 1.19 bits per heavy atom. The summed E-state index contributed by atoms with van der Waals surface area (Å²) < 4.78 is 4.51. The van der Waals surface area contributed by atoms with Crippen molar-refractivity contribution in [2.45, 2.75) is 27.2 Å². The predicted octanol–water partition coefficient (Wildman–Crippen LogP) is 2.51. The molecule has 16 heavy (non-hydrogen) atoms. The van der Waals surface area contributed by atoms with Crippen LogP contribution in [0.3, 0.4) is 0 Å². The molecule has 0 fully saturated rings. The molecule has 0 aromatic heterocycles. The van der Waals surface area contributed by atoms with Crippen LogP contribution in [0.25, 0.3) is 0 Å². The van der Waals surface area contributed by atoms with E-state index in [1.807, 2.05) is 0 Å². The van der Waals surface area contributed by atoms with Crippen molar-refractivity contribution < 1.29 is 9.53 Å². The van der Waals surface area contributed by atoms with Crippen LogP contribution in [0.1, 0.15) is 22.3 Å². The van der Waals surface area contributed by atoms with Crippen LogP contribution in [-0.2, 0) is 11.2 Å². The Hall–Kier alpha value is -1.51. The van der Waals surface area contributed by atoms with E-state index >= 15 is 0 Å². The van der Waals surface area contributed by atoms with Gasteiger partial charge in [-0.15, -0.1) is 0 Å². The smallest absolute Gasteiger partial charge is 0.406 e. The number of ether oxygens (including phenoxy) is 1. The summed E-state index contributed by atoms with van der Waals surface area (Å²) in [6.45, 7) is 6.92. The molecule has 0 bridgehead atoms. The van der Waals surface area contributed by atoms with Gasteiger partial charge in [-0.3, -0.25) is 0 Å². The van der Waals surface area contributed by atoms with Crippen LogP contribution in [0.2, 0.25) is 0 Å². The van der Waals surface area contributed by atoms with Gasteiger partial charge in [0.1, 0.15) is 0 Å². The molecular weight excluding hydrogens is 202 g/mol. The van der Waals surface area contributed by atoms with Gasteiger partial charge in [0.25, 0.3) is 0 Å². The molecule has 0 heterocycles. The minimum absolute atomic E-state index is 0.374. The van der Waals surface area contributed by atoms with Crippen molar-refractivity contribution in [3.8, 4) is 0 Å². The topological polar surface area (TPSA) is 38.3 Å². The average Bonchev–Trinajstić information content (AvgIpc) is 2.25. The summed E-state index contributed by atoms with van der Waals surface area (Å²) in [5, 5.41) is 2.68. The van der Waals surface area contributed by atoms with E-state index in [0.717, 1.165) is 6.42 Å². The van der Waals surface area contributed by atoms with Crippen molar-refractivity contribution in [3.05, 3.63) is 34.4 Å². The monoisotopic (exact) mass is 221 g/mol. The number of hydrogen-bond acceptors (Lipinski definition) is 2. The van der Waals surface area contributed by atoms with Crippen LogP contribution in [0, 0.1) is 20.8 Å². The van der Waals surface area contributed by atoms with E-state index in [2.05, 4.69) is 43.0 Å². The first-order valence-electron chi connectivity index (χ1n) is 5.43. The maximum atomic E-state index is 10.9. The lowest BCUT2D eigenvalue weighted by molar-refractivity contribution is 0.171. The molecule has 1 N–H and O–H groups in total. The summed E-state index contributed by atoms with van der Waals surface area (Å²) in [4.78, 5) is 10.9. The van der Waals surface area contributed by atoms with Crippen molar-refractivity contribution in [2.24, 2.45) is 0 Å². The van der Waals surface area contributed by atoms with E-state index < -0.39 is 0 Å². The fourth-order valence-electron chi connectivity index (χ4n) is 1.66. The van der Waals surface area contributed by atoms with Gasteiger partial charge in [-0.05, 0) is 49.4 Å². The summed E-state index contributed by atoms with van der Waals surface area (Å²) in [6, 6.07) is 4.37.